The van der Waals surface area contributed by atoms with Crippen LogP contribution in [0, 0.1) is 0 Å². The van der Waals surface area contributed by atoms with Crippen LogP contribution in [0.5, 0.6) is 0 Å². The summed E-state index contributed by atoms with van der Waals surface area (Å²) in [6.07, 6.45) is 3.72. The van der Waals surface area contributed by atoms with Gasteiger partial charge in [-0.25, -0.2) is 0 Å². The van der Waals surface area contributed by atoms with Crippen LogP contribution in [0.2, 0.25) is 0 Å². The first-order valence-electron chi connectivity index (χ1n) is 7.31. The van der Waals surface area contributed by atoms with Crippen LogP contribution in [-0.4, -0.2) is 41.2 Å². The van der Waals surface area contributed by atoms with Crippen LogP contribution < -0.4 is 5.32 Å². The van der Waals surface area contributed by atoms with Crippen LogP contribution in [0.3, 0.4) is 0 Å². The van der Waals surface area contributed by atoms with E-state index in [1.165, 1.54) is 0 Å². The van der Waals surface area contributed by atoms with E-state index >= 15 is 0 Å². The van der Waals surface area contributed by atoms with Gasteiger partial charge in [0.1, 0.15) is 0 Å². The molecule has 1 unspecified atom stereocenters. The Kier molecular flexibility index (Phi) is 4.72. The third-order valence-corrected chi connectivity index (χ3v) is 4.36. The van der Waals surface area contributed by atoms with E-state index in [0.717, 1.165) is 50.4 Å². The molecule has 3 heterocycles. The van der Waals surface area contributed by atoms with E-state index in [1.54, 1.807) is 6.26 Å². The summed E-state index contributed by atoms with van der Waals surface area (Å²) < 4.78 is 11.3. The molecule has 3 rings (SSSR count). The molecule has 1 aliphatic rings. The quantitative estimate of drug-likeness (QED) is 0.890. The second-order valence-corrected chi connectivity index (χ2v) is 5.88. The Morgan fingerprint density at radius 2 is 2.24 bits per heavy atom. The molecule has 1 fully saturated rings. The lowest BCUT2D eigenvalue weighted by Crippen LogP contribution is -2.45. The molecule has 0 aromatic carbocycles. The molecule has 6 nitrogen and oxygen atoms in total. The van der Waals surface area contributed by atoms with Gasteiger partial charge in [-0.2, -0.15) is 4.98 Å². The number of furan rings is 1. The number of halogens is 1. The van der Waals surface area contributed by atoms with Gasteiger partial charge in [-0.15, -0.1) is 0 Å². The van der Waals surface area contributed by atoms with Gasteiger partial charge < -0.3 is 14.3 Å². The van der Waals surface area contributed by atoms with Crippen LogP contribution in [0.4, 0.5) is 0 Å². The zero-order chi connectivity index (χ0) is 14.7. The van der Waals surface area contributed by atoms with Crippen LogP contribution in [-0.2, 0) is 0 Å². The topological polar surface area (TPSA) is 67.3 Å². The molecule has 0 bridgehead atoms. The maximum atomic E-state index is 5.41. The lowest BCUT2D eigenvalue weighted by molar-refractivity contribution is 0.155. The third-order valence-electron chi connectivity index (χ3n) is 3.74. The van der Waals surface area contributed by atoms with Gasteiger partial charge in [0.25, 0.3) is 5.89 Å². The van der Waals surface area contributed by atoms with Crippen molar-refractivity contribution in [2.24, 2.45) is 0 Å². The molecule has 1 saturated heterocycles. The zero-order valence-corrected chi connectivity index (χ0v) is 13.6. The molecular formula is C14H19BrN4O2. The summed E-state index contributed by atoms with van der Waals surface area (Å²) in [4.78, 5) is 7.01. The highest BCUT2D eigenvalue weighted by Crippen LogP contribution is 2.30. The summed E-state index contributed by atoms with van der Waals surface area (Å²) in [6, 6.07) is 2.04. The molecule has 2 aromatic heterocycles. The molecule has 2 aromatic rings. The van der Waals surface area contributed by atoms with Crippen molar-refractivity contribution in [2.75, 3.05) is 26.2 Å². The summed E-state index contributed by atoms with van der Waals surface area (Å²) in [6.45, 7) is 6.24. The summed E-state index contributed by atoms with van der Waals surface area (Å²) >= 11 is 3.34. The zero-order valence-electron chi connectivity index (χ0n) is 12.0. The number of hydrogen-bond donors (Lipinski definition) is 1. The van der Waals surface area contributed by atoms with Gasteiger partial charge in [-0.05, 0) is 28.4 Å². The number of rotatable bonds is 5. The van der Waals surface area contributed by atoms with Gasteiger partial charge in [-0.1, -0.05) is 18.5 Å². The Balaban J connectivity index is 1.83. The second-order valence-electron chi connectivity index (χ2n) is 5.16. The minimum atomic E-state index is 0.222. The van der Waals surface area contributed by atoms with Crippen molar-refractivity contribution in [2.45, 2.75) is 25.8 Å². The normalized spacial score (nSPS) is 18.0. The molecule has 0 radical (unpaired) electrons. The molecular weight excluding hydrogens is 336 g/mol. The van der Waals surface area contributed by atoms with E-state index in [4.69, 9.17) is 8.94 Å². The highest BCUT2D eigenvalue weighted by molar-refractivity contribution is 9.10. The van der Waals surface area contributed by atoms with Crippen molar-refractivity contribution in [1.82, 2.24) is 20.4 Å². The van der Waals surface area contributed by atoms with Gasteiger partial charge in [0, 0.05) is 26.2 Å². The molecule has 0 saturated carbocycles. The first-order valence-corrected chi connectivity index (χ1v) is 8.10. The SMILES string of the molecule is CCCC(c1noc(-c2ccoc2Br)n1)N1CCNCC1. The Labute approximate surface area is 132 Å². The molecule has 0 spiro atoms. The number of nitrogens with one attached hydrogen (secondary N) is 1. The molecule has 21 heavy (non-hydrogen) atoms. The predicted octanol–water partition coefficient (Wildman–Crippen LogP) is 2.84. The van der Waals surface area contributed by atoms with Gasteiger partial charge in [0.05, 0.1) is 17.9 Å². The predicted molar refractivity (Wildman–Crippen MR) is 81.8 cm³/mol. The number of hydrogen-bond acceptors (Lipinski definition) is 6. The molecule has 7 heteroatoms. The largest absolute Gasteiger partial charge is 0.457 e. The minimum Gasteiger partial charge on any atom is -0.457 e. The highest BCUT2D eigenvalue weighted by atomic mass is 79.9. The van der Waals surface area contributed by atoms with Crippen LogP contribution in [0.15, 0.2) is 25.9 Å². The third kappa shape index (κ3) is 3.20. The smallest absolute Gasteiger partial charge is 0.262 e. The first kappa shape index (κ1) is 14.7. The molecule has 1 N–H and O–H groups in total. The van der Waals surface area contributed by atoms with Gasteiger partial charge in [-0.3, -0.25) is 4.90 Å². The fraction of sp³-hybridized carbons (Fsp3) is 0.571. The average molecular weight is 355 g/mol. The fourth-order valence-corrected chi connectivity index (χ4v) is 3.08. The molecule has 114 valence electrons. The molecule has 1 atom stereocenters. The van der Waals surface area contributed by atoms with Crippen molar-refractivity contribution in [1.29, 1.82) is 0 Å². The summed E-state index contributed by atoms with van der Waals surface area (Å²) in [5, 5.41) is 7.57. The number of aromatic nitrogens is 2. The van der Waals surface area contributed by atoms with Crippen molar-refractivity contribution >= 4 is 15.9 Å². The fourth-order valence-electron chi connectivity index (χ4n) is 2.67. The molecule has 1 aliphatic heterocycles. The Bertz CT molecular complexity index is 577. The second kappa shape index (κ2) is 6.72. The summed E-state index contributed by atoms with van der Waals surface area (Å²) in [5.74, 6) is 1.27. The van der Waals surface area contributed by atoms with E-state index < -0.39 is 0 Å². The summed E-state index contributed by atoms with van der Waals surface area (Å²) in [7, 11) is 0. The van der Waals surface area contributed by atoms with Crippen LogP contribution in [0.25, 0.3) is 11.5 Å². The number of piperazine rings is 1. The Morgan fingerprint density at radius 3 is 2.90 bits per heavy atom. The van der Waals surface area contributed by atoms with Gasteiger partial charge in [0.2, 0.25) is 0 Å². The number of nitrogens with zero attached hydrogens (tertiary/aromatic N) is 3. The highest BCUT2D eigenvalue weighted by Gasteiger charge is 2.26. The van der Waals surface area contributed by atoms with Crippen molar-refractivity contribution < 1.29 is 8.94 Å². The van der Waals surface area contributed by atoms with Crippen molar-refractivity contribution in [3.8, 4) is 11.5 Å². The van der Waals surface area contributed by atoms with Crippen LogP contribution >= 0.6 is 15.9 Å². The maximum Gasteiger partial charge on any atom is 0.262 e. The van der Waals surface area contributed by atoms with Crippen molar-refractivity contribution in [3.63, 3.8) is 0 Å². The van der Waals surface area contributed by atoms with E-state index in [1.807, 2.05) is 6.07 Å². The summed E-state index contributed by atoms with van der Waals surface area (Å²) in [5.41, 5.74) is 0.796. The monoisotopic (exact) mass is 354 g/mol. The maximum absolute atomic E-state index is 5.41. The first-order chi connectivity index (χ1) is 10.3. The molecule has 0 aliphatic carbocycles. The van der Waals surface area contributed by atoms with Crippen molar-refractivity contribution in [3.05, 3.63) is 22.8 Å². The molecule has 0 amide bonds. The van der Waals surface area contributed by atoms with Crippen LogP contribution in [0.1, 0.15) is 31.6 Å². The Hall–Kier alpha value is -1.18. The van der Waals surface area contributed by atoms with E-state index in [0.29, 0.717) is 10.6 Å². The average Bonchev–Trinajstić information content (AvgIpc) is 3.14. The van der Waals surface area contributed by atoms with E-state index in [-0.39, 0.29) is 6.04 Å². The lowest BCUT2D eigenvalue weighted by atomic mass is 10.1. The van der Waals surface area contributed by atoms with E-state index in [2.05, 4.69) is 43.2 Å². The lowest BCUT2D eigenvalue weighted by Gasteiger charge is -2.33. The Morgan fingerprint density at radius 1 is 1.43 bits per heavy atom. The van der Waals surface area contributed by atoms with Gasteiger partial charge >= 0.3 is 0 Å². The minimum absolute atomic E-state index is 0.222. The van der Waals surface area contributed by atoms with Gasteiger partial charge in [0.15, 0.2) is 10.5 Å². The van der Waals surface area contributed by atoms with E-state index in [9.17, 15) is 0 Å². The standard InChI is InChI=1S/C14H19BrN4O2/c1-2-3-11(19-7-5-16-6-8-19)13-17-14(21-18-13)10-4-9-20-12(10)15/h4,9,11,16H,2-3,5-8H2,1H3.